The summed E-state index contributed by atoms with van der Waals surface area (Å²) in [6.45, 7) is 3.30. The lowest BCUT2D eigenvalue weighted by molar-refractivity contribution is 0.668. The molecule has 0 N–H and O–H groups in total. The maximum atomic E-state index is 12.7. The highest BCUT2D eigenvalue weighted by molar-refractivity contribution is 7.11. The second-order valence-electron chi connectivity index (χ2n) is 5.79. The second kappa shape index (κ2) is 5.39. The Morgan fingerprint density at radius 2 is 1.86 bits per heavy atom. The summed E-state index contributed by atoms with van der Waals surface area (Å²) < 4.78 is 3.70. The SMILES string of the molecule is CCn1c(=O)n(Cc2nc3c(s2)CCCC3)c2ccccc21. The molecule has 0 unspecified atom stereocenters. The molecule has 0 saturated heterocycles. The molecule has 1 aromatic carbocycles. The molecule has 114 valence electrons. The van der Waals surface area contributed by atoms with Crippen molar-refractivity contribution in [1.29, 1.82) is 0 Å². The Kier molecular flexibility index (Phi) is 3.37. The quantitative estimate of drug-likeness (QED) is 0.745. The van der Waals surface area contributed by atoms with Crippen molar-refractivity contribution in [1.82, 2.24) is 14.1 Å². The van der Waals surface area contributed by atoms with Crippen molar-refractivity contribution in [2.75, 3.05) is 0 Å². The first kappa shape index (κ1) is 13.8. The molecule has 0 spiro atoms. The van der Waals surface area contributed by atoms with Gasteiger partial charge in [0.05, 0.1) is 23.3 Å². The molecular formula is C17H19N3OS. The van der Waals surface area contributed by atoms with Gasteiger partial charge in [-0.2, -0.15) is 0 Å². The number of imidazole rings is 1. The van der Waals surface area contributed by atoms with Crippen molar-refractivity contribution < 1.29 is 0 Å². The van der Waals surface area contributed by atoms with Gasteiger partial charge in [-0.3, -0.25) is 9.13 Å². The maximum Gasteiger partial charge on any atom is 0.329 e. The molecule has 0 aliphatic heterocycles. The van der Waals surface area contributed by atoms with Gasteiger partial charge in [-0.25, -0.2) is 9.78 Å². The van der Waals surface area contributed by atoms with Crippen LogP contribution in [0.3, 0.4) is 0 Å². The smallest absolute Gasteiger partial charge is 0.292 e. The lowest BCUT2D eigenvalue weighted by Gasteiger charge is -2.06. The summed E-state index contributed by atoms with van der Waals surface area (Å²) >= 11 is 1.78. The van der Waals surface area contributed by atoms with Crippen LogP contribution in [0.25, 0.3) is 11.0 Å². The van der Waals surface area contributed by atoms with Gasteiger partial charge in [0, 0.05) is 11.4 Å². The van der Waals surface area contributed by atoms with Gasteiger partial charge in [-0.05, 0) is 44.7 Å². The number of nitrogens with zero attached hydrogens (tertiary/aromatic N) is 3. The average Bonchev–Trinajstić information content (AvgIpc) is 3.07. The fourth-order valence-corrected chi connectivity index (χ4v) is 4.49. The van der Waals surface area contributed by atoms with Gasteiger partial charge in [0.25, 0.3) is 0 Å². The van der Waals surface area contributed by atoms with E-state index in [-0.39, 0.29) is 5.69 Å². The molecule has 5 heteroatoms. The lowest BCUT2D eigenvalue weighted by atomic mass is 10.0. The third-order valence-corrected chi connectivity index (χ3v) is 5.57. The topological polar surface area (TPSA) is 39.8 Å². The lowest BCUT2D eigenvalue weighted by Crippen LogP contribution is -2.24. The number of hydrogen-bond donors (Lipinski definition) is 0. The highest BCUT2D eigenvalue weighted by Gasteiger charge is 2.17. The van der Waals surface area contributed by atoms with Crippen LogP contribution in [0.5, 0.6) is 0 Å². The van der Waals surface area contributed by atoms with Crippen LogP contribution >= 0.6 is 11.3 Å². The minimum atomic E-state index is 0.0665. The predicted molar refractivity (Wildman–Crippen MR) is 89.7 cm³/mol. The zero-order valence-corrected chi connectivity index (χ0v) is 13.5. The number of thiazole rings is 1. The number of rotatable bonds is 3. The number of para-hydroxylation sites is 2. The van der Waals surface area contributed by atoms with Crippen molar-refractivity contribution in [3.63, 3.8) is 0 Å². The van der Waals surface area contributed by atoms with Gasteiger partial charge in [0.15, 0.2) is 0 Å². The molecule has 4 rings (SSSR count). The van der Waals surface area contributed by atoms with E-state index in [1.54, 1.807) is 11.3 Å². The van der Waals surface area contributed by atoms with Gasteiger partial charge in [-0.1, -0.05) is 12.1 Å². The highest BCUT2D eigenvalue weighted by atomic mass is 32.1. The molecule has 3 aromatic rings. The Morgan fingerprint density at radius 3 is 2.59 bits per heavy atom. The van der Waals surface area contributed by atoms with Crippen LogP contribution in [0.15, 0.2) is 29.1 Å². The summed E-state index contributed by atoms with van der Waals surface area (Å²) in [5.41, 5.74) is 3.34. The standard InChI is InChI=1S/C17H19N3OS/c1-2-19-13-8-4-5-9-14(13)20(17(19)21)11-16-18-12-7-3-6-10-15(12)22-16/h4-5,8-9H,2-3,6-7,10-11H2,1H3. The van der Waals surface area contributed by atoms with Crippen molar-refractivity contribution in [3.8, 4) is 0 Å². The van der Waals surface area contributed by atoms with E-state index in [0.717, 1.165) is 28.9 Å². The Morgan fingerprint density at radius 1 is 1.14 bits per heavy atom. The summed E-state index contributed by atoms with van der Waals surface area (Å²) in [6, 6.07) is 8.02. The number of fused-ring (bicyclic) bond motifs is 2. The van der Waals surface area contributed by atoms with Crippen LogP contribution in [-0.4, -0.2) is 14.1 Å². The van der Waals surface area contributed by atoms with E-state index in [2.05, 4.69) is 0 Å². The first-order valence-corrected chi connectivity index (χ1v) is 8.75. The largest absolute Gasteiger partial charge is 0.329 e. The monoisotopic (exact) mass is 313 g/mol. The first-order chi connectivity index (χ1) is 10.8. The second-order valence-corrected chi connectivity index (χ2v) is 6.95. The molecule has 0 saturated carbocycles. The van der Waals surface area contributed by atoms with E-state index in [1.807, 2.05) is 40.3 Å². The predicted octanol–water partition coefficient (Wildman–Crippen LogP) is 3.21. The molecule has 2 aromatic heterocycles. The molecule has 4 nitrogen and oxygen atoms in total. The summed E-state index contributed by atoms with van der Waals surface area (Å²) in [6.07, 6.45) is 4.76. The van der Waals surface area contributed by atoms with Gasteiger partial charge < -0.3 is 0 Å². The van der Waals surface area contributed by atoms with Crippen LogP contribution < -0.4 is 5.69 Å². The molecule has 0 atom stereocenters. The van der Waals surface area contributed by atoms with Crippen LogP contribution in [0.2, 0.25) is 0 Å². The van der Waals surface area contributed by atoms with Crippen LogP contribution in [-0.2, 0) is 25.9 Å². The number of aromatic nitrogens is 3. The third-order valence-electron chi connectivity index (χ3n) is 4.42. The minimum Gasteiger partial charge on any atom is -0.292 e. The van der Waals surface area contributed by atoms with E-state index in [0.29, 0.717) is 13.1 Å². The number of benzene rings is 1. The van der Waals surface area contributed by atoms with Gasteiger partial charge >= 0.3 is 5.69 Å². The fraction of sp³-hybridized carbons (Fsp3) is 0.412. The molecule has 1 aliphatic carbocycles. The van der Waals surface area contributed by atoms with Crippen molar-refractivity contribution >= 4 is 22.4 Å². The molecule has 0 fully saturated rings. The van der Waals surface area contributed by atoms with Crippen molar-refractivity contribution in [2.45, 2.75) is 45.7 Å². The zero-order valence-electron chi connectivity index (χ0n) is 12.7. The fourth-order valence-electron chi connectivity index (χ4n) is 3.34. The molecule has 1 aliphatic rings. The summed E-state index contributed by atoms with van der Waals surface area (Å²) in [5, 5.41) is 1.06. The Balaban J connectivity index is 1.80. The Bertz CT molecular complexity index is 864. The summed E-state index contributed by atoms with van der Waals surface area (Å²) in [5.74, 6) is 0. The van der Waals surface area contributed by atoms with E-state index in [1.165, 1.54) is 23.4 Å². The van der Waals surface area contributed by atoms with E-state index in [4.69, 9.17) is 4.98 Å². The molecule has 0 bridgehead atoms. The summed E-state index contributed by atoms with van der Waals surface area (Å²) in [4.78, 5) is 18.9. The zero-order chi connectivity index (χ0) is 15.1. The van der Waals surface area contributed by atoms with Crippen LogP contribution in [0, 0.1) is 0 Å². The van der Waals surface area contributed by atoms with Crippen LogP contribution in [0.1, 0.15) is 35.3 Å². The Hall–Kier alpha value is -1.88. The van der Waals surface area contributed by atoms with Crippen molar-refractivity contribution in [3.05, 3.63) is 50.3 Å². The van der Waals surface area contributed by atoms with Gasteiger partial charge in [0.2, 0.25) is 0 Å². The minimum absolute atomic E-state index is 0.0665. The molecule has 2 heterocycles. The average molecular weight is 313 g/mol. The van der Waals surface area contributed by atoms with Crippen LogP contribution in [0.4, 0.5) is 0 Å². The third kappa shape index (κ3) is 2.11. The first-order valence-electron chi connectivity index (χ1n) is 7.93. The number of hydrogen-bond acceptors (Lipinski definition) is 3. The van der Waals surface area contributed by atoms with E-state index >= 15 is 0 Å². The molecule has 0 amide bonds. The number of aryl methyl sites for hydroxylation is 3. The Labute approximate surface area is 133 Å². The van der Waals surface area contributed by atoms with Gasteiger partial charge in [0.1, 0.15) is 5.01 Å². The van der Waals surface area contributed by atoms with E-state index in [9.17, 15) is 4.79 Å². The molecule has 0 radical (unpaired) electrons. The summed E-state index contributed by atoms with van der Waals surface area (Å²) in [7, 11) is 0. The maximum absolute atomic E-state index is 12.7. The molecule has 22 heavy (non-hydrogen) atoms. The highest BCUT2D eigenvalue weighted by Crippen LogP contribution is 2.27. The van der Waals surface area contributed by atoms with Gasteiger partial charge in [-0.15, -0.1) is 11.3 Å². The normalized spacial score (nSPS) is 14.4. The van der Waals surface area contributed by atoms with Crippen molar-refractivity contribution in [2.24, 2.45) is 0 Å². The molecular weight excluding hydrogens is 294 g/mol. The van der Waals surface area contributed by atoms with E-state index < -0.39 is 0 Å².